The summed E-state index contributed by atoms with van der Waals surface area (Å²) in [5.74, 6) is 0.904. The van der Waals surface area contributed by atoms with Crippen LogP contribution in [0.3, 0.4) is 0 Å². The lowest BCUT2D eigenvalue weighted by Crippen LogP contribution is -2.18. The first-order valence-electron chi connectivity index (χ1n) is 7.75. The van der Waals surface area contributed by atoms with Gasteiger partial charge in [-0.2, -0.15) is 0 Å². The van der Waals surface area contributed by atoms with Crippen LogP contribution < -0.4 is 10.1 Å². The third kappa shape index (κ3) is 3.95. The van der Waals surface area contributed by atoms with E-state index in [0.717, 1.165) is 17.9 Å². The molecule has 1 fully saturated rings. The van der Waals surface area contributed by atoms with Crippen molar-refractivity contribution in [3.8, 4) is 5.75 Å². The number of hydrogen-bond donors (Lipinski definition) is 1. The lowest BCUT2D eigenvalue weighted by molar-refractivity contribution is 0.317. The Balaban J connectivity index is 1.94. The predicted octanol–water partition coefficient (Wildman–Crippen LogP) is 4.46. The van der Waals surface area contributed by atoms with Crippen molar-refractivity contribution in [2.24, 2.45) is 5.92 Å². The Bertz CT molecular complexity index is 415. The highest BCUT2D eigenvalue weighted by molar-refractivity contribution is 5.31. The van der Waals surface area contributed by atoms with Gasteiger partial charge in [0.1, 0.15) is 0 Å². The highest BCUT2D eigenvalue weighted by atomic mass is 19.1. The van der Waals surface area contributed by atoms with E-state index in [-0.39, 0.29) is 11.9 Å². The van der Waals surface area contributed by atoms with Crippen molar-refractivity contribution in [1.29, 1.82) is 0 Å². The first kappa shape index (κ1) is 15.3. The zero-order valence-corrected chi connectivity index (χ0v) is 12.6. The first-order valence-corrected chi connectivity index (χ1v) is 7.75. The second-order valence-corrected chi connectivity index (χ2v) is 5.82. The molecule has 0 heterocycles. The van der Waals surface area contributed by atoms with Gasteiger partial charge in [0.25, 0.3) is 0 Å². The van der Waals surface area contributed by atoms with Crippen molar-refractivity contribution < 1.29 is 9.13 Å². The lowest BCUT2D eigenvalue weighted by atomic mass is 9.84. The van der Waals surface area contributed by atoms with Gasteiger partial charge in [-0.3, -0.25) is 0 Å². The van der Waals surface area contributed by atoms with E-state index >= 15 is 0 Å². The average Bonchev–Trinajstić information content (AvgIpc) is 2.49. The third-order valence-electron chi connectivity index (χ3n) is 4.52. The summed E-state index contributed by atoms with van der Waals surface area (Å²) in [6, 6.07) is 5.51. The Morgan fingerprint density at radius 1 is 1.30 bits per heavy atom. The summed E-state index contributed by atoms with van der Waals surface area (Å²) in [7, 11) is 3.45. The van der Waals surface area contributed by atoms with Gasteiger partial charge in [0.2, 0.25) is 0 Å². The summed E-state index contributed by atoms with van der Waals surface area (Å²) in [5.41, 5.74) is 1.02. The van der Waals surface area contributed by atoms with Gasteiger partial charge in [-0.05, 0) is 43.5 Å². The van der Waals surface area contributed by atoms with Crippen molar-refractivity contribution in [3.63, 3.8) is 0 Å². The van der Waals surface area contributed by atoms with Crippen molar-refractivity contribution >= 4 is 0 Å². The fourth-order valence-electron chi connectivity index (χ4n) is 3.26. The van der Waals surface area contributed by atoms with Gasteiger partial charge < -0.3 is 10.1 Å². The molecule has 0 bridgehead atoms. The van der Waals surface area contributed by atoms with E-state index < -0.39 is 0 Å². The van der Waals surface area contributed by atoms with Crippen LogP contribution in [0.2, 0.25) is 0 Å². The molecule has 1 aliphatic carbocycles. The molecule has 20 heavy (non-hydrogen) atoms. The van der Waals surface area contributed by atoms with Crippen molar-refractivity contribution in [2.45, 2.75) is 51.0 Å². The molecule has 1 aliphatic rings. The molecule has 0 radical (unpaired) electrons. The van der Waals surface area contributed by atoms with E-state index in [1.807, 2.05) is 13.1 Å². The maximum absolute atomic E-state index is 13.8. The summed E-state index contributed by atoms with van der Waals surface area (Å²) < 4.78 is 18.8. The minimum atomic E-state index is -0.275. The van der Waals surface area contributed by atoms with E-state index in [1.54, 1.807) is 12.1 Å². The van der Waals surface area contributed by atoms with Gasteiger partial charge in [0, 0.05) is 6.04 Å². The molecule has 0 amide bonds. The molecule has 0 spiro atoms. The summed E-state index contributed by atoms with van der Waals surface area (Å²) >= 11 is 0. The van der Waals surface area contributed by atoms with E-state index in [0.29, 0.717) is 5.75 Å². The summed E-state index contributed by atoms with van der Waals surface area (Å²) in [6.07, 6.45) is 9.21. The highest BCUT2D eigenvalue weighted by Gasteiger charge is 2.17. The Labute approximate surface area is 121 Å². The van der Waals surface area contributed by atoms with E-state index in [1.165, 1.54) is 45.6 Å². The fraction of sp³-hybridized carbons (Fsp3) is 0.647. The molecule has 0 aliphatic heterocycles. The smallest absolute Gasteiger partial charge is 0.165 e. The molecule has 3 heteroatoms. The normalized spacial score (nSPS) is 17.9. The van der Waals surface area contributed by atoms with E-state index in [4.69, 9.17) is 4.74 Å². The Hall–Kier alpha value is -1.09. The second-order valence-electron chi connectivity index (χ2n) is 5.82. The van der Waals surface area contributed by atoms with Crippen LogP contribution in [0, 0.1) is 11.7 Å². The summed E-state index contributed by atoms with van der Waals surface area (Å²) in [4.78, 5) is 0. The van der Waals surface area contributed by atoms with Crippen molar-refractivity contribution in [2.75, 3.05) is 14.2 Å². The van der Waals surface area contributed by atoms with Gasteiger partial charge in [0.05, 0.1) is 7.11 Å². The van der Waals surface area contributed by atoms with Crippen LogP contribution in [0.5, 0.6) is 5.75 Å². The first-order chi connectivity index (χ1) is 9.74. The fourth-order valence-corrected chi connectivity index (χ4v) is 3.26. The molecule has 2 nitrogen and oxygen atoms in total. The minimum Gasteiger partial charge on any atom is -0.494 e. The number of hydrogen-bond acceptors (Lipinski definition) is 2. The van der Waals surface area contributed by atoms with Crippen molar-refractivity contribution in [3.05, 3.63) is 29.6 Å². The molecule has 1 N–H and O–H groups in total. The van der Waals surface area contributed by atoms with Crippen LogP contribution in [-0.4, -0.2) is 14.2 Å². The van der Waals surface area contributed by atoms with E-state index in [2.05, 4.69) is 5.32 Å². The molecule has 2 rings (SSSR count). The van der Waals surface area contributed by atoms with Crippen LogP contribution in [-0.2, 0) is 0 Å². The van der Waals surface area contributed by atoms with Gasteiger partial charge in [-0.1, -0.05) is 38.2 Å². The van der Waals surface area contributed by atoms with Gasteiger partial charge in [0.15, 0.2) is 11.6 Å². The SMILES string of the molecule is CNC(CCC1CCCCC1)c1ccc(OC)c(F)c1. The molecule has 0 aromatic heterocycles. The van der Waals surface area contributed by atoms with Crippen LogP contribution >= 0.6 is 0 Å². The molecular weight excluding hydrogens is 253 g/mol. The standard InChI is InChI=1S/C17H26FNO/c1-19-16(10-8-13-6-4-3-5-7-13)14-9-11-17(20-2)15(18)12-14/h9,11-13,16,19H,3-8,10H2,1-2H3. The summed E-state index contributed by atoms with van der Waals surface area (Å²) in [6.45, 7) is 0. The van der Waals surface area contributed by atoms with E-state index in [9.17, 15) is 4.39 Å². The second kappa shape index (κ2) is 7.63. The molecular formula is C17H26FNO. The van der Waals surface area contributed by atoms with Gasteiger partial charge >= 0.3 is 0 Å². The van der Waals surface area contributed by atoms with Crippen molar-refractivity contribution in [1.82, 2.24) is 5.32 Å². The quantitative estimate of drug-likeness (QED) is 0.830. The molecule has 112 valence electrons. The Kier molecular flexibility index (Phi) is 5.84. The zero-order chi connectivity index (χ0) is 14.4. The van der Waals surface area contributed by atoms with Crippen LogP contribution in [0.15, 0.2) is 18.2 Å². The molecule has 1 atom stereocenters. The zero-order valence-electron chi connectivity index (χ0n) is 12.6. The van der Waals surface area contributed by atoms with Gasteiger partial charge in [-0.25, -0.2) is 4.39 Å². The maximum atomic E-state index is 13.8. The average molecular weight is 279 g/mol. The number of methoxy groups -OCH3 is 1. The minimum absolute atomic E-state index is 0.234. The lowest BCUT2D eigenvalue weighted by Gasteiger charge is -2.24. The molecule has 1 aromatic carbocycles. The van der Waals surface area contributed by atoms with Gasteiger partial charge in [-0.15, -0.1) is 0 Å². The molecule has 1 saturated carbocycles. The number of rotatable bonds is 6. The predicted molar refractivity (Wildman–Crippen MR) is 80.6 cm³/mol. The monoisotopic (exact) mass is 279 g/mol. The molecule has 1 aromatic rings. The maximum Gasteiger partial charge on any atom is 0.165 e. The van der Waals surface area contributed by atoms with Crippen LogP contribution in [0.25, 0.3) is 0 Å². The third-order valence-corrected chi connectivity index (χ3v) is 4.52. The molecule has 0 saturated heterocycles. The highest BCUT2D eigenvalue weighted by Crippen LogP contribution is 2.31. The van der Waals surface area contributed by atoms with Crippen LogP contribution in [0.1, 0.15) is 56.6 Å². The Morgan fingerprint density at radius 3 is 2.65 bits per heavy atom. The van der Waals surface area contributed by atoms with Crippen LogP contribution in [0.4, 0.5) is 4.39 Å². The number of nitrogens with one attached hydrogen (secondary N) is 1. The number of ether oxygens (including phenoxy) is 1. The number of benzene rings is 1. The number of halogens is 1. The topological polar surface area (TPSA) is 21.3 Å². The largest absolute Gasteiger partial charge is 0.494 e. The molecule has 1 unspecified atom stereocenters. The Morgan fingerprint density at radius 2 is 2.05 bits per heavy atom. The summed E-state index contributed by atoms with van der Waals surface area (Å²) in [5, 5.41) is 3.32.